The van der Waals surface area contributed by atoms with E-state index in [9.17, 15) is 4.79 Å². The summed E-state index contributed by atoms with van der Waals surface area (Å²) >= 11 is 6.89. The number of benzene rings is 2. The summed E-state index contributed by atoms with van der Waals surface area (Å²) in [5.74, 6) is 1.81. The molecule has 0 radical (unpaired) electrons. The molecule has 146 valence electrons. The number of aromatic nitrogens is 2. The van der Waals surface area contributed by atoms with E-state index < -0.39 is 0 Å². The molecule has 3 aromatic rings. The molecule has 0 aliphatic rings. The van der Waals surface area contributed by atoms with Crippen molar-refractivity contribution in [2.45, 2.75) is 20.3 Å². The highest BCUT2D eigenvalue weighted by Gasteiger charge is 2.12. The molecule has 28 heavy (non-hydrogen) atoms. The molecule has 0 fully saturated rings. The molecule has 1 aromatic heterocycles. The molecule has 0 aliphatic carbocycles. The van der Waals surface area contributed by atoms with Crippen molar-refractivity contribution in [3.05, 3.63) is 61.0 Å². The van der Waals surface area contributed by atoms with Crippen LogP contribution in [0.15, 0.2) is 49.2 Å². The van der Waals surface area contributed by atoms with E-state index in [-0.39, 0.29) is 5.56 Å². The normalized spacial score (nSPS) is 11.3. The highest BCUT2D eigenvalue weighted by atomic mass is 79.9. The Hall–Kier alpha value is -2.19. The van der Waals surface area contributed by atoms with E-state index in [0.29, 0.717) is 41.3 Å². The quantitative estimate of drug-likeness (QED) is 0.450. The van der Waals surface area contributed by atoms with Gasteiger partial charge in [-0.15, -0.1) is 0 Å². The first-order valence-corrected chi connectivity index (χ1v) is 10.3. The molecule has 3 rings (SSSR count). The Labute approximate surface area is 179 Å². The third-order valence-electron chi connectivity index (χ3n) is 4.05. The van der Waals surface area contributed by atoms with Gasteiger partial charge in [-0.25, -0.2) is 4.98 Å². The number of hydrogen-bond donors (Lipinski definition) is 0. The molecule has 0 saturated carbocycles. The Kier molecular flexibility index (Phi) is 6.51. The van der Waals surface area contributed by atoms with Crippen molar-refractivity contribution >= 4 is 49.0 Å². The summed E-state index contributed by atoms with van der Waals surface area (Å²) < 4.78 is 13.9. The van der Waals surface area contributed by atoms with Crippen LogP contribution in [0.25, 0.3) is 10.9 Å². The van der Waals surface area contributed by atoms with Crippen LogP contribution in [0, 0.1) is 0 Å². The molecular weight excluding hydrogens is 490 g/mol. The second-order valence-electron chi connectivity index (χ2n) is 5.87. The van der Waals surface area contributed by atoms with Gasteiger partial charge in [-0.3, -0.25) is 4.79 Å². The predicted octanol–water partition coefficient (Wildman–Crippen LogP) is 4.77. The lowest BCUT2D eigenvalue weighted by atomic mass is 10.2. The molecule has 0 aliphatic heterocycles. The SMILES string of the molecule is CCOc1cc(C=Nn2c(CC)nc3ccc(Br)cc3c2=O)cc(Br)c1OC. The van der Waals surface area contributed by atoms with Gasteiger partial charge in [0.1, 0.15) is 5.82 Å². The number of halogens is 2. The number of fused-ring (bicyclic) bond motifs is 1. The highest BCUT2D eigenvalue weighted by Crippen LogP contribution is 2.36. The zero-order valence-electron chi connectivity index (χ0n) is 15.7. The minimum atomic E-state index is -0.211. The average molecular weight is 509 g/mol. The van der Waals surface area contributed by atoms with Crippen LogP contribution < -0.4 is 15.0 Å². The van der Waals surface area contributed by atoms with Gasteiger partial charge < -0.3 is 9.47 Å². The van der Waals surface area contributed by atoms with Crippen molar-refractivity contribution < 1.29 is 9.47 Å². The van der Waals surface area contributed by atoms with Crippen LogP contribution in [0.3, 0.4) is 0 Å². The molecule has 0 amide bonds. The Morgan fingerprint density at radius 1 is 1.21 bits per heavy atom. The second kappa shape index (κ2) is 8.87. The Morgan fingerprint density at radius 2 is 2.00 bits per heavy atom. The van der Waals surface area contributed by atoms with Crippen molar-refractivity contribution in [2.75, 3.05) is 13.7 Å². The van der Waals surface area contributed by atoms with Gasteiger partial charge >= 0.3 is 0 Å². The lowest BCUT2D eigenvalue weighted by Crippen LogP contribution is -2.22. The summed E-state index contributed by atoms with van der Waals surface area (Å²) in [6.45, 7) is 4.35. The average Bonchev–Trinajstić information content (AvgIpc) is 2.67. The van der Waals surface area contributed by atoms with E-state index in [1.54, 1.807) is 19.4 Å². The second-order valence-corrected chi connectivity index (χ2v) is 7.64. The van der Waals surface area contributed by atoms with Gasteiger partial charge in [0.2, 0.25) is 0 Å². The largest absolute Gasteiger partial charge is 0.492 e. The fourth-order valence-corrected chi connectivity index (χ4v) is 3.77. The first-order valence-electron chi connectivity index (χ1n) is 8.74. The van der Waals surface area contributed by atoms with Gasteiger partial charge in [-0.1, -0.05) is 22.9 Å². The van der Waals surface area contributed by atoms with Crippen molar-refractivity contribution in [1.29, 1.82) is 0 Å². The van der Waals surface area contributed by atoms with Crippen LogP contribution in [-0.2, 0) is 6.42 Å². The van der Waals surface area contributed by atoms with E-state index in [2.05, 4.69) is 41.9 Å². The molecule has 1 heterocycles. The van der Waals surface area contributed by atoms with Gasteiger partial charge in [-0.2, -0.15) is 9.78 Å². The summed E-state index contributed by atoms with van der Waals surface area (Å²) in [6, 6.07) is 9.12. The van der Waals surface area contributed by atoms with Gasteiger partial charge in [-0.05, 0) is 58.7 Å². The van der Waals surface area contributed by atoms with Gasteiger partial charge in [0.25, 0.3) is 5.56 Å². The third-order valence-corrected chi connectivity index (χ3v) is 5.13. The first-order chi connectivity index (χ1) is 13.5. The van der Waals surface area contributed by atoms with E-state index in [4.69, 9.17) is 9.47 Å². The lowest BCUT2D eigenvalue weighted by Gasteiger charge is -2.12. The summed E-state index contributed by atoms with van der Waals surface area (Å²) in [4.78, 5) is 17.5. The molecule has 8 heteroatoms. The van der Waals surface area contributed by atoms with E-state index in [0.717, 1.165) is 14.5 Å². The van der Waals surface area contributed by atoms with Crippen molar-refractivity contribution in [1.82, 2.24) is 9.66 Å². The summed E-state index contributed by atoms with van der Waals surface area (Å²) in [6.07, 6.45) is 2.19. The minimum Gasteiger partial charge on any atom is -0.492 e. The van der Waals surface area contributed by atoms with Crippen molar-refractivity contribution in [3.63, 3.8) is 0 Å². The van der Waals surface area contributed by atoms with Crippen molar-refractivity contribution in [2.24, 2.45) is 5.10 Å². The maximum atomic E-state index is 13.0. The third kappa shape index (κ3) is 4.12. The maximum Gasteiger partial charge on any atom is 0.282 e. The molecule has 2 aromatic carbocycles. The molecule has 0 spiro atoms. The number of rotatable bonds is 6. The fraction of sp³-hybridized carbons (Fsp3) is 0.250. The minimum absolute atomic E-state index is 0.211. The van der Waals surface area contributed by atoms with Crippen LogP contribution in [0.1, 0.15) is 25.2 Å². The van der Waals surface area contributed by atoms with Crippen LogP contribution in [0.2, 0.25) is 0 Å². The molecule has 0 N–H and O–H groups in total. The zero-order chi connectivity index (χ0) is 20.3. The molecule has 0 bridgehead atoms. The van der Waals surface area contributed by atoms with Crippen LogP contribution in [-0.4, -0.2) is 29.6 Å². The highest BCUT2D eigenvalue weighted by molar-refractivity contribution is 9.10. The summed E-state index contributed by atoms with van der Waals surface area (Å²) in [7, 11) is 1.59. The fourth-order valence-electron chi connectivity index (χ4n) is 2.79. The van der Waals surface area contributed by atoms with Crippen LogP contribution in [0.5, 0.6) is 11.5 Å². The first kappa shape index (κ1) is 20.5. The Bertz CT molecular complexity index is 1110. The maximum absolute atomic E-state index is 13.0. The molecular formula is C20H19Br2N3O3. The Morgan fingerprint density at radius 3 is 2.68 bits per heavy atom. The molecule has 0 atom stereocenters. The van der Waals surface area contributed by atoms with Gasteiger partial charge in [0, 0.05) is 10.9 Å². The molecule has 6 nitrogen and oxygen atoms in total. The smallest absolute Gasteiger partial charge is 0.282 e. The monoisotopic (exact) mass is 507 g/mol. The van der Waals surface area contributed by atoms with Gasteiger partial charge in [0.05, 0.1) is 35.3 Å². The number of hydrogen-bond acceptors (Lipinski definition) is 5. The van der Waals surface area contributed by atoms with Crippen LogP contribution in [0.4, 0.5) is 0 Å². The predicted molar refractivity (Wildman–Crippen MR) is 118 cm³/mol. The summed E-state index contributed by atoms with van der Waals surface area (Å²) in [5, 5.41) is 4.92. The summed E-state index contributed by atoms with van der Waals surface area (Å²) in [5.41, 5.74) is 1.21. The van der Waals surface area contributed by atoms with Crippen molar-refractivity contribution in [3.8, 4) is 11.5 Å². The van der Waals surface area contributed by atoms with Gasteiger partial charge in [0.15, 0.2) is 11.5 Å². The number of nitrogens with zero attached hydrogens (tertiary/aromatic N) is 3. The standard InChI is InChI=1S/C20H19Br2N3O3/c1-4-18-24-16-7-6-13(21)10-14(16)20(26)25(18)23-11-12-8-15(22)19(27-3)17(9-12)28-5-2/h6-11H,4-5H2,1-3H3. The van der Waals surface area contributed by atoms with E-state index in [1.807, 2.05) is 38.1 Å². The zero-order valence-corrected chi connectivity index (χ0v) is 18.9. The van der Waals surface area contributed by atoms with E-state index in [1.165, 1.54) is 4.68 Å². The Balaban J connectivity index is 2.10. The number of methoxy groups -OCH3 is 1. The molecule has 0 saturated heterocycles. The molecule has 0 unspecified atom stereocenters. The topological polar surface area (TPSA) is 65.7 Å². The number of aryl methyl sites for hydroxylation is 1. The van der Waals surface area contributed by atoms with E-state index >= 15 is 0 Å². The van der Waals surface area contributed by atoms with Crippen LogP contribution >= 0.6 is 31.9 Å². The lowest BCUT2D eigenvalue weighted by molar-refractivity contribution is 0.310. The number of ether oxygens (including phenoxy) is 2.